The van der Waals surface area contributed by atoms with Gasteiger partial charge in [0.1, 0.15) is 0 Å². The lowest BCUT2D eigenvalue weighted by molar-refractivity contribution is 0.0821. The zero-order valence-electron chi connectivity index (χ0n) is 11.7. The highest BCUT2D eigenvalue weighted by Crippen LogP contribution is 2.20. The van der Waals surface area contributed by atoms with Crippen molar-refractivity contribution in [2.75, 3.05) is 26.4 Å². The Balaban J connectivity index is 2.32. The van der Waals surface area contributed by atoms with Crippen LogP contribution in [0.2, 0.25) is 0 Å². The number of rotatable bonds is 4. The minimum absolute atomic E-state index is 0.163. The summed E-state index contributed by atoms with van der Waals surface area (Å²) in [4.78, 5) is 17.5. The van der Waals surface area contributed by atoms with Crippen LogP contribution in [0.1, 0.15) is 17.4 Å². The van der Waals surface area contributed by atoms with Crippen LogP contribution in [0.4, 0.5) is 5.69 Å². The molecular weight excluding hydrogens is 258 g/mol. The average molecular weight is 275 g/mol. The molecule has 0 radical (unpaired) electrons. The molecule has 2 rings (SSSR count). The van der Waals surface area contributed by atoms with Gasteiger partial charge in [0.05, 0.1) is 12.3 Å². The molecule has 7 heteroatoms. The van der Waals surface area contributed by atoms with Crippen molar-refractivity contribution in [1.29, 1.82) is 0 Å². The van der Waals surface area contributed by atoms with Crippen molar-refractivity contribution < 1.29 is 9.53 Å². The van der Waals surface area contributed by atoms with Crippen molar-refractivity contribution in [3.8, 4) is 11.7 Å². The molecule has 0 saturated carbocycles. The van der Waals surface area contributed by atoms with Crippen LogP contribution in [0.3, 0.4) is 0 Å². The van der Waals surface area contributed by atoms with Crippen LogP contribution in [-0.4, -0.2) is 46.3 Å². The number of nitrogens with zero attached hydrogens (tertiary/aromatic N) is 4. The molecule has 1 amide bonds. The third-order valence-corrected chi connectivity index (χ3v) is 2.61. The maximum absolute atomic E-state index is 11.8. The zero-order chi connectivity index (χ0) is 14.7. The van der Waals surface area contributed by atoms with Crippen molar-refractivity contribution in [3.63, 3.8) is 0 Å². The van der Waals surface area contributed by atoms with E-state index in [0.29, 0.717) is 29.7 Å². The van der Waals surface area contributed by atoms with E-state index in [-0.39, 0.29) is 5.91 Å². The molecular formula is C13H17N5O2. The number of anilines is 1. The molecule has 0 unspecified atom stereocenters. The summed E-state index contributed by atoms with van der Waals surface area (Å²) < 4.78 is 6.85. The Morgan fingerprint density at radius 3 is 2.80 bits per heavy atom. The molecule has 20 heavy (non-hydrogen) atoms. The zero-order valence-corrected chi connectivity index (χ0v) is 11.7. The number of ether oxygens (including phenoxy) is 1. The molecule has 0 fully saturated rings. The summed E-state index contributed by atoms with van der Waals surface area (Å²) in [5, 5.41) is 4.20. The Kier molecular flexibility index (Phi) is 3.88. The number of carbonyl (C=O) groups excluding carboxylic acids is 1. The topological polar surface area (TPSA) is 86.3 Å². The minimum Gasteiger partial charge on any atom is -0.476 e. The van der Waals surface area contributed by atoms with Gasteiger partial charge < -0.3 is 15.4 Å². The molecule has 0 saturated heterocycles. The largest absolute Gasteiger partial charge is 0.476 e. The van der Waals surface area contributed by atoms with E-state index < -0.39 is 0 Å². The van der Waals surface area contributed by atoms with E-state index in [1.165, 1.54) is 9.58 Å². The van der Waals surface area contributed by atoms with Gasteiger partial charge in [-0.3, -0.25) is 4.79 Å². The van der Waals surface area contributed by atoms with Gasteiger partial charge in [0, 0.05) is 20.3 Å². The SMILES string of the molecule is CCOc1nc(-n2ccc(C(=O)N(C)C)n2)ccc1N. The van der Waals surface area contributed by atoms with E-state index in [1.54, 1.807) is 38.5 Å². The summed E-state index contributed by atoms with van der Waals surface area (Å²) in [7, 11) is 3.35. The standard InChI is InChI=1S/C13H17N5O2/c1-4-20-12-9(14)5-6-11(15-12)18-8-7-10(16-18)13(19)17(2)3/h5-8H,4,14H2,1-3H3. The van der Waals surface area contributed by atoms with Crippen molar-refractivity contribution >= 4 is 11.6 Å². The summed E-state index contributed by atoms with van der Waals surface area (Å²) in [6.07, 6.45) is 1.67. The molecule has 0 aromatic carbocycles. The Morgan fingerprint density at radius 2 is 2.15 bits per heavy atom. The average Bonchev–Trinajstić information content (AvgIpc) is 2.90. The molecule has 0 aliphatic carbocycles. The highest BCUT2D eigenvalue weighted by molar-refractivity contribution is 5.91. The quantitative estimate of drug-likeness (QED) is 0.897. The second-order valence-corrected chi connectivity index (χ2v) is 4.34. The van der Waals surface area contributed by atoms with Crippen molar-refractivity contribution in [2.45, 2.75) is 6.92 Å². The minimum atomic E-state index is -0.163. The maximum atomic E-state index is 11.8. The van der Waals surface area contributed by atoms with Gasteiger partial charge in [-0.2, -0.15) is 10.1 Å². The lowest BCUT2D eigenvalue weighted by atomic mass is 10.4. The van der Waals surface area contributed by atoms with Crippen LogP contribution in [-0.2, 0) is 0 Å². The fourth-order valence-electron chi connectivity index (χ4n) is 1.62. The first-order chi connectivity index (χ1) is 9.52. The van der Waals surface area contributed by atoms with Gasteiger partial charge in [-0.1, -0.05) is 0 Å². The number of nitrogen functional groups attached to an aromatic ring is 1. The number of nitrogens with two attached hydrogens (primary N) is 1. The van der Waals surface area contributed by atoms with Gasteiger partial charge in [0.15, 0.2) is 11.5 Å². The molecule has 2 aromatic heterocycles. The van der Waals surface area contributed by atoms with E-state index in [2.05, 4.69) is 10.1 Å². The van der Waals surface area contributed by atoms with Gasteiger partial charge in [-0.15, -0.1) is 0 Å². The third kappa shape index (κ3) is 2.71. The smallest absolute Gasteiger partial charge is 0.273 e. The summed E-state index contributed by atoms with van der Waals surface area (Å²) in [5.74, 6) is 0.741. The number of hydrogen-bond acceptors (Lipinski definition) is 5. The number of hydrogen-bond donors (Lipinski definition) is 1. The first kappa shape index (κ1) is 13.9. The molecule has 2 aromatic rings. The number of amides is 1. The van der Waals surface area contributed by atoms with Crippen LogP contribution < -0.4 is 10.5 Å². The van der Waals surface area contributed by atoms with Crippen LogP contribution in [0.5, 0.6) is 5.88 Å². The molecule has 106 valence electrons. The fraction of sp³-hybridized carbons (Fsp3) is 0.308. The molecule has 0 atom stereocenters. The van der Waals surface area contributed by atoms with Gasteiger partial charge in [0.25, 0.3) is 5.91 Å². The molecule has 0 spiro atoms. The number of aromatic nitrogens is 3. The first-order valence-corrected chi connectivity index (χ1v) is 6.20. The number of carbonyl (C=O) groups is 1. The Morgan fingerprint density at radius 1 is 1.40 bits per heavy atom. The highest BCUT2D eigenvalue weighted by atomic mass is 16.5. The van der Waals surface area contributed by atoms with Gasteiger partial charge in [-0.05, 0) is 25.1 Å². The van der Waals surface area contributed by atoms with Crippen molar-refractivity contribution in [3.05, 3.63) is 30.1 Å². The first-order valence-electron chi connectivity index (χ1n) is 6.20. The normalized spacial score (nSPS) is 10.3. The molecule has 2 heterocycles. The van der Waals surface area contributed by atoms with Crippen LogP contribution in [0, 0.1) is 0 Å². The molecule has 0 aliphatic heterocycles. The second-order valence-electron chi connectivity index (χ2n) is 4.34. The number of pyridine rings is 1. The summed E-state index contributed by atoms with van der Waals surface area (Å²) in [6, 6.07) is 5.05. The van der Waals surface area contributed by atoms with Crippen LogP contribution in [0.25, 0.3) is 5.82 Å². The van der Waals surface area contributed by atoms with E-state index in [9.17, 15) is 4.79 Å². The molecule has 2 N–H and O–H groups in total. The summed E-state index contributed by atoms with van der Waals surface area (Å²) in [6.45, 7) is 2.33. The third-order valence-electron chi connectivity index (χ3n) is 2.61. The predicted octanol–water partition coefficient (Wildman–Crippen LogP) is 0.950. The second kappa shape index (κ2) is 5.60. The van der Waals surface area contributed by atoms with Crippen LogP contribution in [0.15, 0.2) is 24.4 Å². The van der Waals surface area contributed by atoms with E-state index in [1.807, 2.05) is 6.92 Å². The fourth-order valence-corrected chi connectivity index (χ4v) is 1.62. The highest BCUT2D eigenvalue weighted by Gasteiger charge is 2.13. The van der Waals surface area contributed by atoms with Crippen molar-refractivity contribution in [1.82, 2.24) is 19.7 Å². The maximum Gasteiger partial charge on any atom is 0.273 e. The van der Waals surface area contributed by atoms with Crippen LogP contribution >= 0.6 is 0 Å². The van der Waals surface area contributed by atoms with E-state index in [4.69, 9.17) is 10.5 Å². The van der Waals surface area contributed by atoms with E-state index in [0.717, 1.165) is 0 Å². The lowest BCUT2D eigenvalue weighted by Crippen LogP contribution is -2.22. The van der Waals surface area contributed by atoms with Gasteiger partial charge in [-0.25, -0.2) is 4.68 Å². The molecule has 0 aliphatic rings. The van der Waals surface area contributed by atoms with Gasteiger partial charge >= 0.3 is 0 Å². The van der Waals surface area contributed by atoms with Gasteiger partial charge in [0.2, 0.25) is 5.88 Å². The summed E-state index contributed by atoms with van der Waals surface area (Å²) >= 11 is 0. The predicted molar refractivity (Wildman–Crippen MR) is 75.0 cm³/mol. The monoisotopic (exact) mass is 275 g/mol. The Hall–Kier alpha value is -2.57. The molecule has 7 nitrogen and oxygen atoms in total. The summed E-state index contributed by atoms with van der Waals surface area (Å²) in [5.41, 5.74) is 6.59. The molecule has 0 bridgehead atoms. The Bertz CT molecular complexity index is 621. The van der Waals surface area contributed by atoms with E-state index >= 15 is 0 Å². The van der Waals surface area contributed by atoms with Crippen molar-refractivity contribution in [2.24, 2.45) is 0 Å². The Labute approximate surface area is 117 Å². The lowest BCUT2D eigenvalue weighted by Gasteiger charge is -2.08.